The van der Waals surface area contributed by atoms with E-state index in [1.165, 1.54) is 0 Å². The molecule has 1 aliphatic carbocycles. The minimum Gasteiger partial charge on any atom is -0.298 e. The van der Waals surface area contributed by atoms with Gasteiger partial charge in [0.2, 0.25) is 0 Å². The second-order valence-electron chi connectivity index (χ2n) is 11.0. The Bertz CT molecular complexity index is 2300. The van der Waals surface area contributed by atoms with Crippen molar-refractivity contribution in [2.75, 3.05) is 5.43 Å². The van der Waals surface area contributed by atoms with Crippen LogP contribution in [0.15, 0.2) is 151 Å². The number of fused-ring (bicyclic) bond motifs is 4. The Balaban J connectivity index is 1.24. The summed E-state index contributed by atoms with van der Waals surface area (Å²) in [6.45, 7) is 0. The maximum atomic E-state index is 9.14. The quantitative estimate of drug-likeness (QED) is 0.200. The number of hydrogen-bond acceptors (Lipinski definition) is 5. The molecule has 0 saturated carbocycles. The standard InChI is InChI=1S/C40H27N5/c41-38-36(45-44-32-14-5-2-6-15-32)23-22-28-20-18-27-19-21-31(25-34(27)37(28)38)40-42-35-17-8-7-16-33(35)39(43-40)30-13-9-12-29(24-30)26-10-3-1-4-11-26/h1-25,41,44H/b41-38?,45-36-. The molecular formula is C40H27N5. The van der Waals surface area contributed by atoms with E-state index < -0.39 is 0 Å². The summed E-state index contributed by atoms with van der Waals surface area (Å²) in [5.41, 5.74) is 12.7. The topological polar surface area (TPSA) is 74.0 Å². The van der Waals surface area contributed by atoms with E-state index in [0.29, 0.717) is 17.2 Å². The fourth-order valence-electron chi connectivity index (χ4n) is 5.91. The molecule has 5 heteroatoms. The molecule has 0 radical (unpaired) electrons. The number of hydrogen-bond donors (Lipinski definition) is 2. The number of aromatic nitrogens is 2. The van der Waals surface area contributed by atoms with Crippen molar-refractivity contribution in [2.24, 2.45) is 5.10 Å². The fourth-order valence-corrected chi connectivity index (χ4v) is 5.91. The lowest BCUT2D eigenvalue weighted by Gasteiger charge is -2.17. The monoisotopic (exact) mass is 577 g/mol. The molecular weight excluding hydrogens is 550 g/mol. The van der Waals surface area contributed by atoms with Gasteiger partial charge in [-0.2, -0.15) is 5.10 Å². The van der Waals surface area contributed by atoms with Crippen molar-refractivity contribution in [1.82, 2.24) is 9.97 Å². The van der Waals surface area contributed by atoms with Crippen LogP contribution in [0.5, 0.6) is 0 Å². The second-order valence-corrected chi connectivity index (χ2v) is 11.0. The van der Waals surface area contributed by atoms with E-state index in [1.54, 1.807) is 0 Å². The third kappa shape index (κ3) is 4.96. The average Bonchev–Trinajstić information content (AvgIpc) is 3.11. The van der Waals surface area contributed by atoms with Gasteiger partial charge >= 0.3 is 0 Å². The molecule has 7 aromatic rings. The largest absolute Gasteiger partial charge is 0.298 e. The lowest BCUT2D eigenvalue weighted by Crippen LogP contribution is -2.18. The molecule has 0 unspecified atom stereocenters. The van der Waals surface area contributed by atoms with Crippen molar-refractivity contribution in [3.8, 4) is 33.8 Å². The number of allylic oxidation sites excluding steroid dienone is 1. The summed E-state index contributed by atoms with van der Waals surface area (Å²) in [4.78, 5) is 10.2. The third-order valence-corrected chi connectivity index (χ3v) is 8.16. The summed E-state index contributed by atoms with van der Waals surface area (Å²) in [5.74, 6) is 0.644. The zero-order valence-electron chi connectivity index (χ0n) is 24.3. The molecule has 1 aliphatic rings. The van der Waals surface area contributed by atoms with Crippen molar-refractivity contribution in [2.45, 2.75) is 0 Å². The van der Waals surface area contributed by atoms with Crippen molar-refractivity contribution >= 4 is 44.9 Å². The normalized spacial score (nSPS) is 13.3. The number of benzene rings is 6. The highest BCUT2D eigenvalue weighted by Crippen LogP contribution is 2.34. The number of anilines is 1. The third-order valence-electron chi connectivity index (χ3n) is 8.16. The van der Waals surface area contributed by atoms with Crippen LogP contribution in [0.2, 0.25) is 0 Å². The lowest BCUT2D eigenvalue weighted by molar-refractivity contribution is 1.23. The summed E-state index contributed by atoms with van der Waals surface area (Å²) in [5, 5.41) is 16.7. The number of nitrogens with zero attached hydrogens (tertiary/aromatic N) is 3. The van der Waals surface area contributed by atoms with E-state index >= 15 is 0 Å². The summed E-state index contributed by atoms with van der Waals surface area (Å²) < 4.78 is 0. The van der Waals surface area contributed by atoms with E-state index in [4.69, 9.17) is 15.4 Å². The summed E-state index contributed by atoms with van der Waals surface area (Å²) >= 11 is 0. The maximum absolute atomic E-state index is 9.14. The molecule has 45 heavy (non-hydrogen) atoms. The van der Waals surface area contributed by atoms with Crippen molar-refractivity contribution < 1.29 is 0 Å². The fraction of sp³-hybridized carbons (Fsp3) is 0. The van der Waals surface area contributed by atoms with Gasteiger partial charge in [0, 0.05) is 22.1 Å². The molecule has 0 spiro atoms. The van der Waals surface area contributed by atoms with Crippen molar-refractivity contribution in [1.29, 1.82) is 5.41 Å². The van der Waals surface area contributed by atoms with Gasteiger partial charge in [0.05, 0.1) is 22.6 Å². The van der Waals surface area contributed by atoms with Crippen LogP contribution in [0.25, 0.3) is 61.5 Å². The summed E-state index contributed by atoms with van der Waals surface area (Å²) in [6.07, 6.45) is 3.91. The highest BCUT2D eigenvalue weighted by molar-refractivity contribution is 6.55. The predicted molar refractivity (Wildman–Crippen MR) is 187 cm³/mol. The minimum absolute atomic E-state index is 0.372. The Labute approximate surface area is 260 Å². The van der Waals surface area contributed by atoms with Crippen LogP contribution in [0.1, 0.15) is 11.1 Å². The van der Waals surface area contributed by atoms with Gasteiger partial charge in [-0.1, -0.05) is 115 Å². The molecule has 212 valence electrons. The smallest absolute Gasteiger partial charge is 0.160 e. The van der Waals surface area contributed by atoms with E-state index in [2.05, 4.69) is 95.5 Å². The van der Waals surface area contributed by atoms with Crippen LogP contribution in [0.3, 0.4) is 0 Å². The second kappa shape index (κ2) is 11.1. The van der Waals surface area contributed by atoms with E-state index in [-0.39, 0.29) is 0 Å². The molecule has 0 bridgehead atoms. The van der Waals surface area contributed by atoms with Crippen LogP contribution < -0.4 is 5.43 Å². The van der Waals surface area contributed by atoms with E-state index in [0.717, 1.165) is 66.4 Å². The molecule has 0 saturated heterocycles. The first-order valence-electron chi connectivity index (χ1n) is 14.9. The van der Waals surface area contributed by atoms with Gasteiger partial charge < -0.3 is 0 Å². The van der Waals surface area contributed by atoms with Crippen LogP contribution in [-0.2, 0) is 0 Å². The first-order valence-corrected chi connectivity index (χ1v) is 14.9. The molecule has 0 atom stereocenters. The molecule has 1 heterocycles. The Morgan fingerprint density at radius 3 is 2.16 bits per heavy atom. The number of hydrazone groups is 1. The minimum atomic E-state index is 0.372. The van der Waals surface area contributed by atoms with Crippen LogP contribution in [-0.4, -0.2) is 21.4 Å². The van der Waals surface area contributed by atoms with Crippen molar-refractivity contribution in [3.63, 3.8) is 0 Å². The number of rotatable bonds is 5. The summed E-state index contributed by atoms with van der Waals surface area (Å²) in [6, 6.07) is 47.3. The van der Waals surface area contributed by atoms with Gasteiger partial charge in [0.1, 0.15) is 5.71 Å². The zero-order chi connectivity index (χ0) is 30.2. The summed E-state index contributed by atoms with van der Waals surface area (Å²) in [7, 11) is 0. The maximum Gasteiger partial charge on any atom is 0.160 e. The van der Waals surface area contributed by atoms with Gasteiger partial charge in [-0.05, 0) is 63.9 Å². The van der Waals surface area contributed by atoms with Gasteiger partial charge in [0.25, 0.3) is 0 Å². The van der Waals surface area contributed by atoms with E-state index in [9.17, 15) is 0 Å². The highest BCUT2D eigenvalue weighted by Gasteiger charge is 2.20. The highest BCUT2D eigenvalue weighted by atomic mass is 15.3. The Kier molecular flexibility index (Phi) is 6.54. The molecule has 5 nitrogen and oxygen atoms in total. The van der Waals surface area contributed by atoms with Crippen LogP contribution in [0.4, 0.5) is 5.69 Å². The Morgan fingerprint density at radius 1 is 0.556 bits per heavy atom. The average molecular weight is 578 g/mol. The van der Waals surface area contributed by atoms with Gasteiger partial charge in [-0.25, -0.2) is 9.97 Å². The molecule has 2 N–H and O–H groups in total. The van der Waals surface area contributed by atoms with Crippen molar-refractivity contribution in [3.05, 3.63) is 157 Å². The lowest BCUT2D eigenvalue weighted by atomic mass is 9.88. The first kappa shape index (κ1) is 26.4. The van der Waals surface area contributed by atoms with Crippen LogP contribution in [0, 0.1) is 5.41 Å². The SMILES string of the molecule is N=C1/C(=N\Nc2ccccc2)C=Cc2ccc3ccc(-c4nc(-c5cccc(-c6ccccc6)c5)c5ccccc5n4)cc3c21. The molecule has 0 aliphatic heterocycles. The molecule has 0 fully saturated rings. The zero-order valence-corrected chi connectivity index (χ0v) is 24.3. The van der Waals surface area contributed by atoms with Gasteiger partial charge in [-0.3, -0.25) is 10.8 Å². The molecule has 6 aromatic carbocycles. The van der Waals surface area contributed by atoms with Gasteiger partial charge in [0.15, 0.2) is 5.82 Å². The Hall–Kier alpha value is -6.20. The van der Waals surface area contributed by atoms with Gasteiger partial charge in [-0.15, -0.1) is 0 Å². The predicted octanol–water partition coefficient (Wildman–Crippen LogP) is 9.65. The molecule has 1 aromatic heterocycles. The van der Waals surface area contributed by atoms with Crippen LogP contribution >= 0.6 is 0 Å². The van der Waals surface area contributed by atoms with E-state index in [1.807, 2.05) is 66.7 Å². The number of nitrogens with one attached hydrogen (secondary N) is 2. The Morgan fingerprint density at radius 2 is 1.29 bits per heavy atom. The number of para-hydroxylation sites is 2. The molecule has 8 rings (SSSR count). The molecule has 0 amide bonds. The first-order chi connectivity index (χ1) is 22.2.